The predicted molar refractivity (Wildman–Crippen MR) is 73.6 cm³/mol. The largest absolute Gasteiger partial charge is 0.384 e. The molecule has 0 radical (unpaired) electrons. The van der Waals surface area contributed by atoms with Crippen molar-refractivity contribution in [3.05, 3.63) is 35.9 Å². The van der Waals surface area contributed by atoms with Crippen molar-refractivity contribution in [3.8, 4) is 11.4 Å². The third kappa shape index (κ3) is 2.16. The Kier molecular flexibility index (Phi) is 2.90. The Hall–Kier alpha value is -1.68. The topological polar surface area (TPSA) is 50.9 Å². The van der Waals surface area contributed by atoms with Crippen molar-refractivity contribution in [3.63, 3.8) is 0 Å². The number of hydrogen-bond donors (Lipinski definition) is 1. The first-order valence-corrected chi connectivity index (χ1v) is 6.80. The van der Waals surface area contributed by atoms with Crippen LogP contribution in [0.1, 0.15) is 38.1 Å². The molecule has 4 nitrogen and oxygen atoms in total. The maximum Gasteiger partial charge on any atom is 0.142 e. The van der Waals surface area contributed by atoms with E-state index in [1.807, 2.05) is 18.3 Å². The minimum atomic E-state index is -0.894. The van der Waals surface area contributed by atoms with Crippen molar-refractivity contribution in [2.24, 2.45) is 0 Å². The highest BCUT2D eigenvalue weighted by Crippen LogP contribution is 2.32. The Morgan fingerprint density at radius 3 is 2.84 bits per heavy atom. The van der Waals surface area contributed by atoms with Gasteiger partial charge in [0.15, 0.2) is 0 Å². The minimum Gasteiger partial charge on any atom is -0.384 e. The van der Waals surface area contributed by atoms with Gasteiger partial charge in [0.25, 0.3) is 0 Å². The summed E-state index contributed by atoms with van der Waals surface area (Å²) in [5.74, 6) is 0.930. The van der Waals surface area contributed by atoms with E-state index in [9.17, 15) is 5.11 Å². The Bertz CT molecular complexity index is 581. The second-order valence-electron chi connectivity index (χ2n) is 5.64. The van der Waals surface area contributed by atoms with Gasteiger partial charge >= 0.3 is 0 Å². The lowest BCUT2D eigenvalue weighted by Gasteiger charge is -2.21. The number of nitrogens with zero attached hydrogens (tertiary/aromatic N) is 3. The summed E-state index contributed by atoms with van der Waals surface area (Å²) < 4.78 is 2.24. The van der Waals surface area contributed by atoms with Crippen molar-refractivity contribution >= 4 is 0 Å². The third-order valence-electron chi connectivity index (χ3n) is 3.62. The summed E-state index contributed by atoms with van der Waals surface area (Å²) in [6.45, 7) is 4.58. The first-order chi connectivity index (χ1) is 9.07. The van der Waals surface area contributed by atoms with E-state index in [-0.39, 0.29) is 0 Å². The molecule has 3 heterocycles. The molecule has 0 aromatic carbocycles. The van der Waals surface area contributed by atoms with Crippen LogP contribution in [-0.4, -0.2) is 19.6 Å². The van der Waals surface area contributed by atoms with Crippen LogP contribution in [0.15, 0.2) is 24.5 Å². The van der Waals surface area contributed by atoms with E-state index in [1.54, 1.807) is 20.0 Å². The molecule has 19 heavy (non-hydrogen) atoms. The van der Waals surface area contributed by atoms with Gasteiger partial charge in [0, 0.05) is 30.2 Å². The van der Waals surface area contributed by atoms with Gasteiger partial charge in [0.2, 0.25) is 0 Å². The van der Waals surface area contributed by atoms with Gasteiger partial charge in [-0.05, 0) is 45.2 Å². The van der Waals surface area contributed by atoms with Gasteiger partial charge in [0.05, 0.1) is 5.69 Å². The molecule has 100 valence electrons. The molecule has 2 aromatic rings. The Balaban J connectivity index is 2.18. The summed E-state index contributed by atoms with van der Waals surface area (Å²) in [4.78, 5) is 8.87. The van der Waals surface area contributed by atoms with Crippen LogP contribution in [0, 0.1) is 0 Å². The maximum absolute atomic E-state index is 10.3. The van der Waals surface area contributed by atoms with Gasteiger partial charge in [-0.3, -0.25) is 4.98 Å². The fraction of sp³-hybridized carbons (Fsp3) is 0.467. The molecule has 0 saturated heterocycles. The monoisotopic (exact) mass is 257 g/mol. The highest BCUT2D eigenvalue weighted by atomic mass is 16.3. The molecular weight excluding hydrogens is 238 g/mol. The molecule has 0 spiro atoms. The lowest BCUT2D eigenvalue weighted by molar-refractivity contribution is 0.0729. The zero-order valence-corrected chi connectivity index (χ0v) is 11.4. The van der Waals surface area contributed by atoms with Crippen LogP contribution >= 0.6 is 0 Å². The molecule has 0 unspecified atom stereocenters. The summed E-state index contributed by atoms with van der Waals surface area (Å²) in [6.07, 6.45) is 6.93. The number of hydrogen-bond acceptors (Lipinski definition) is 3. The summed E-state index contributed by atoms with van der Waals surface area (Å²) in [6, 6.07) is 3.94. The minimum absolute atomic E-state index is 0.811. The molecule has 2 aromatic heterocycles. The van der Waals surface area contributed by atoms with Crippen LogP contribution in [0.4, 0.5) is 0 Å². The average Bonchev–Trinajstić information content (AvgIpc) is 2.79. The van der Waals surface area contributed by atoms with E-state index in [1.165, 1.54) is 18.5 Å². The summed E-state index contributed by atoms with van der Waals surface area (Å²) in [5.41, 5.74) is 2.11. The van der Waals surface area contributed by atoms with Gasteiger partial charge in [-0.15, -0.1) is 0 Å². The lowest BCUT2D eigenvalue weighted by Crippen LogP contribution is -2.20. The fourth-order valence-electron chi connectivity index (χ4n) is 2.75. The predicted octanol–water partition coefficient (Wildman–Crippen LogP) is 2.51. The van der Waals surface area contributed by atoms with Gasteiger partial charge in [-0.25, -0.2) is 4.98 Å². The number of rotatable bonds is 2. The van der Waals surface area contributed by atoms with Crippen molar-refractivity contribution < 1.29 is 5.11 Å². The Morgan fingerprint density at radius 1 is 1.32 bits per heavy atom. The van der Waals surface area contributed by atoms with E-state index in [2.05, 4.69) is 9.55 Å². The van der Waals surface area contributed by atoms with Crippen molar-refractivity contribution in [2.45, 2.75) is 45.3 Å². The summed E-state index contributed by atoms with van der Waals surface area (Å²) in [5, 5.41) is 10.3. The molecule has 0 bridgehead atoms. The van der Waals surface area contributed by atoms with E-state index < -0.39 is 5.60 Å². The van der Waals surface area contributed by atoms with E-state index in [0.717, 1.165) is 30.0 Å². The normalized spacial score (nSPS) is 15.3. The van der Waals surface area contributed by atoms with Gasteiger partial charge in [-0.2, -0.15) is 0 Å². The highest BCUT2D eigenvalue weighted by molar-refractivity contribution is 5.56. The van der Waals surface area contributed by atoms with Gasteiger partial charge in [-0.1, -0.05) is 0 Å². The summed E-state index contributed by atoms with van der Waals surface area (Å²) >= 11 is 0. The second kappa shape index (κ2) is 4.46. The molecule has 4 heteroatoms. The average molecular weight is 257 g/mol. The molecule has 0 atom stereocenters. The van der Waals surface area contributed by atoms with Crippen LogP contribution in [0.2, 0.25) is 0 Å². The van der Waals surface area contributed by atoms with Crippen LogP contribution < -0.4 is 0 Å². The smallest absolute Gasteiger partial charge is 0.142 e. The zero-order chi connectivity index (χ0) is 13.5. The van der Waals surface area contributed by atoms with Crippen molar-refractivity contribution in [2.75, 3.05) is 0 Å². The molecule has 0 aliphatic carbocycles. The highest BCUT2D eigenvalue weighted by Gasteiger charge is 2.29. The van der Waals surface area contributed by atoms with E-state index in [4.69, 9.17) is 4.98 Å². The Labute approximate surface area is 113 Å². The maximum atomic E-state index is 10.3. The number of pyridine rings is 1. The van der Waals surface area contributed by atoms with E-state index in [0.29, 0.717) is 0 Å². The number of aliphatic hydroxyl groups is 1. The van der Waals surface area contributed by atoms with Crippen molar-refractivity contribution in [1.82, 2.24) is 14.5 Å². The molecule has 0 amide bonds. The van der Waals surface area contributed by atoms with Crippen LogP contribution in [-0.2, 0) is 18.6 Å². The van der Waals surface area contributed by atoms with E-state index >= 15 is 0 Å². The summed E-state index contributed by atoms with van der Waals surface area (Å²) in [7, 11) is 0. The molecule has 1 aliphatic rings. The van der Waals surface area contributed by atoms with Gasteiger partial charge in [0.1, 0.15) is 11.4 Å². The van der Waals surface area contributed by atoms with Crippen molar-refractivity contribution in [1.29, 1.82) is 0 Å². The lowest BCUT2D eigenvalue weighted by atomic mass is 9.99. The van der Waals surface area contributed by atoms with Gasteiger partial charge < -0.3 is 9.67 Å². The number of fused-ring (bicyclic) bond motifs is 1. The van der Waals surface area contributed by atoms with Crippen LogP contribution in [0.25, 0.3) is 11.4 Å². The zero-order valence-electron chi connectivity index (χ0n) is 11.4. The fourth-order valence-corrected chi connectivity index (χ4v) is 2.75. The molecular formula is C15H19N3O. The number of imidazole rings is 1. The quantitative estimate of drug-likeness (QED) is 0.899. The standard InChI is InChI=1S/C15H19N3O/c1-15(2,19)13-12-7-3-4-9-18(12)14(17-13)11-6-5-8-16-10-11/h5-6,8,10,19H,3-4,7,9H2,1-2H3. The molecule has 1 aliphatic heterocycles. The first kappa shape index (κ1) is 12.4. The first-order valence-electron chi connectivity index (χ1n) is 6.80. The Morgan fingerprint density at radius 2 is 2.16 bits per heavy atom. The number of aromatic nitrogens is 3. The van der Waals surface area contributed by atoms with Crippen LogP contribution in [0.3, 0.4) is 0 Å². The third-order valence-corrected chi connectivity index (χ3v) is 3.62. The molecule has 0 saturated carbocycles. The van der Waals surface area contributed by atoms with Crippen LogP contribution in [0.5, 0.6) is 0 Å². The SMILES string of the molecule is CC(C)(O)c1nc(-c2cccnc2)n2c1CCCC2. The molecule has 1 N–H and O–H groups in total. The second-order valence-corrected chi connectivity index (χ2v) is 5.64. The molecule has 0 fully saturated rings. The molecule has 3 rings (SSSR count).